The van der Waals surface area contributed by atoms with Crippen LogP contribution in [-0.2, 0) is 6.18 Å². The Labute approximate surface area is 192 Å². The second kappa shape index (κ2) is 8.56. The summed E-state index contributed by atoms with van der Waals surface area (Å²) >= 11 is 0. The summed E-state index contributed by atoms with van der Waals surface area (Å²) < 4.78 is 43.0. The lowest BCUT2D eigenvalue weighted by Crippen LogP contribution is -2.38. The molecule has 0 amide bonds. The average molecular weight is 469 g/mol. The molecule has 11 heteroatoms. The number of aromatic nitrogens is 5. The third kappa shape index (κ3) is 4.03. The minimum Gasteiger partial charge on any atom is -0.356 e. The Morgan fingerprint density at radius 3 is 2.82 bits per heavy atom. The van der Waals surface area contributed by atoms with Crippen molar-refractivity contribution in [3.8, 4) is 16.9 Å². The maximum absolute atomic E-state index is 13.8. The molecule has 176 valence electrons. The fraction of sp³-hybridized carbons (Fsp3) is 0.304. The molecule has 5 heterocycles. The SMILES string of the molecule is Cc1ccncc1-n1ccc2c(-c3nc(N[C@H]4CCCNC4)ncc3C(F)(F)F)c[nH]c2c1=O. The van der Waals surface area contributed by atoms with Gasteiger partial charge in [0.1, 0.15) is 11.1 Å². The number of hydrogen-bond acceptors (Lipinski definition) is 6. The minimum atomic E-state index is -4.66. The average Bonchev–Trinajstić information content (AvgIpc) is 3.25. The van der Waals surface area contributed by atoms with E-state index in [1.807, 2.05) is 6.92 Å². The zero-order valence-electron chi connectivity index (χ0n) is 18.3. The highest BCUT2D eigenvalue weighted by molar-refractivity contribution is 5.95. The van der Waals surface area contributed by atoms with Crippen LogP contribution in [0.2, 0.25) is 0 Å². The van der Waals surface area contributed by atoms with Gasteiger partial charge < -0.3 is 15.6 Å². The highest BCUT2D eigenvalue weighted by atomic mass is 19.4. The maximum Gasteiger partial charge on any atom is 0.419 e. The van der Waals surface area contributed by atoms with Crippen molar-refractivity contribution >= 4 is 16.9 Å². The van der Waals surface area contributed by atoms with Crippen molar-refractivity contribution < 1.29 is 13.2 Å². The van der Waals surface area contributed by atoms with E-state index in [9.17, 15) is 18.0 Å². The maximum atomic E-state index is 13.8. The topological polar surface area (TPSA) is 101 Å². The number of alkyl halides is 3. The summed E-state index contributed by atoms with van der Waals surface area (Å²) in [6.07, 6.45) is 4.06. The molecule has 0 aliphatic carbocycles. The lowest BCUT2D eigenvalue weighted by molar-refractivity contribution is -0.137. The predicted octanol–water partition coefficient (Wildman–Crippen LogP) is 3.66. The molecule has 0 aromatic carbocycles. The van der Waals surface area contributed by atoms with Gasteiger partial charge in [-0.05, 0) is 44.0 Å². The number of nitrogens with zero attached hydrogens (tertiary/aromatic N) is 4. The van der Waals surface area contributed by atoms with E-state index in [0.717, 1.165) is 31.1 Å². The zero-order chi connectivity index (χ0) is 23.9. The normalized spacial score (nSPS) is 16.6. The number of aromatic amines is 1. The van der Waals surface area contributed by atoms with Crippen LogP contribution < -0.4 is 16.2 Å². The molecule has 1 aliphatic rings. The number of pyridine rings is 2. The van der Waals surface area contributed by atoms with Crippen LogP contribution in [0.3, 0.4) is 0 Å². The molecule has 8 nitrogen and oxygen atoms in total. The Balaban J connectivity index is 1.62. The molecule has 0 unspecified atom stereocenters. The monoisotopic (exact) mass is 469 g/mol. The van der Waals surface area contributed by atoms with Gasteiger partial charge in [0.05, 0.1) is 17.6 Å². The lowest BCUT2D eigenvalue weighted by Gasteiger charge is -2.24. The summed E-state index contributed by atoms with van der Waals surface area (Å²) in [7, 11) is 0. The van der Waals surface area contributed by atoms with Gasteiger partial charge in [0, 0.05) is 48.3 Å². The lowest BCUT2D eigenvalue weighted by atomic mass is 10.1. The number of aryl methyl sites for hydroxylation is 1. The van der Waals surface area contributed by atoms with Crippen molar-refractivity contribution in [2.24, 2.45) is 0 Å². The Morgan fingerprint density at radius 1 is 1.24 bits per heavy atom. The second-order valence-electron chi connectivity index (χ2n) is 8.29. The fourth-order valence-electron chi connectivity index (χ4n) is 4.24. The first-order chi connectivity index (χ1) is 16.3. The first-order valence-electron chi connectivity index (χ1n) is 10.9. The second-order valence-corrected chi connectivity index (χ2v) is 8.29. The summed E-state index contributed by atoms with van der Waals surface area (Å²) in [4.78, 5) is 28.2. The number of piperidine rings is 1. The van der Waals surface area contributed by atoms with E-state index >= 15 is 0 Å². The van der Waals surface area contributed by atoms with Crippen molar-refractivity contribution in [2.75, 3.05) is 18.4 Å². The van der Waals surface area contributed by atoms with E-state index < -0.39 is 17.3 Å². The molecule has 1 saturated heterocycles. The van der Waals surface area contributed by atoms with E-state index in [1.54, 1.807) is 24.5 Å². The zero-order valence-corrected chi connectivity index (χ0v) is 18.3. The number of nitrogens with one attached hydrogen (secondary N) is 3. The van der Waals surface area contributed by atoms with Gasteiger partial charge in [0.25, 0.3) is 5.56 Å². The first-order valence-corrected chi connectivity index (χ1v) is 10.9. The van der Waals surface area contributed by atoms with Crippen LogP contribution in [0, 0.1) is 6.92 Å². The predicted molar refractivity (Wildman–Crippen MR) is 122 cm³/mol. The summed E-state index contributed by atoms with van der Waals surface area (Å²) in [6, 6.07) is 3.41. The fourth-order valence-corrected chi connectivity index (χ4v) is 4.24. The van der Waals surface area contributed by atoms with Crippen molar-refractivity contribution in [3.63, 3.8) is 0 Å². The van der Waals surface area contributed by atoms with Gasteiger partial charge in [-0.15, -0.1) is 0 Å². The van der Waals surface area contributed by atoms with Crippen molar-refractivity contribution in [1.82, 2.24) is 29.8 Å². The Morgan fingerprint density at radius 2 is 2.09 bits per heavy atom. The number of H-pyrrole nitrogens is 1. The van der Waals surface area contributed by atoms with Gasteiger partial charge in [0.15, 0.2) is 0 Å². The highest BCUT2D eigenvalue weighted by Gasteiger charge is 2.36. The summed E-state index contributed by atoms with van der Waals surface area (Å²) in [5.74, 6) is 0.116. The molecular formula is C23H22F3N7O. The van der Waals surface area contributed by atoms with Crippen LogP contribution in [0.1, 0.15) is 24.0 Å². The molecule has 5 rings (SSSR count). The van der Waals surface area contributed by atoms with Crippen LogP contribution in [0.5, 0.6) is 0 Å². The summed E-state index contributed by atoms with van der Waals surface area (Å²) in [6.45, 7) is 3.43. The number of anilines is 1. The summed E-state index contributed by atoms with van der Waals surface area (Å²) in [5.41, 5.74) is 0.152. The third-order valence-electron chi connectivity index (χ3n) is 5.99. The molecule has 0 saturated carbocycles. The quantitative estimate of drug-likeness (QED) is 0.422. The Kier molecular flexibility index (Phi) is 5.56. The number of fused-ring (bicyclic) bond motifs is 1. The highest BCUT2D eigenvalue weighted by Crippen LogP contribution is 2.38. The van der Waals surface area contributed by atoms with Crippen molar-refractivity contribution in [1.29, 1.82) is 0 Å². The van der Waals surface area contributed by atoms with E-state index in [1.165, 1.54) is 17.0 Å². The molecule has 1 fully saturated rings. The smallest absolute Gasteiger partial charge is 0.356 e. The van der Waals surface area contributed by atoms with Crippen LogP contribution in [-0.4, -0.2) is 43.6 Å². The molecule has 0 spiro atoms. The molecule has 4 aromatic heterocycles. The van der Waals surface area contributed by atoms with E-state index in [4.69, 9.17) is 0 Å². The van der Waals surface area contributed by atoms with Gasteiger partial charge >= 0.3 is 6.18 Å². The van der Waals surface area contributed by atoms with Crippen LogP contribution >= 0.6 is 0 Å². The van der Waals surface area contributed by atoms with Crippen molar-refractivity contribution in [2.45, 2.75) is 32.0 Å². The third-order valence-corrected chi connectivity index (χ3v) is 5.99. The molecule has 34 heavy (non-hydrogen) atoms. The Bertz CT molecular complexity index is 1400. The molecule has 0 bridgehead atoms. The molecule has 3 N–H and O–H groups in total. The van der Waals surface area contributed by atoms with Gasteiger partial charge in [-0.3, -0.25) is 14.3 Å². The Hall–Kier alpha value is -3.73. The number of halogens is 3. The standard InChI is InChI=1S/C23H22F3N7O/c1-13-4-7-28-12-18(13)33-8-5-15-16(10-29-20(15)21(33)34)19-17(23(24,25)26)11-30-22(32-19)31-14-3-2-6-27-9-14/h4-5,7-8,10-12,14,27,29H,2-3,6,9H2,1H3,(H,30,31,32)/t14-/m0/s1. The van der Waals surface area contributed by atoms with Gasteiger partial charge in [-0.25, -0.2) is 9.97 Å². The largest absolute Gasteiger partial charge is 0.419 e. The van der Waals surface area contributed by atoms with Gasteiger partial charge in [0.2, 0.25) is 5.95 Å². The van der Waals surface area contributed by atoms with Crippen molar-refractivity contribution in [3.05, 3.63) is 64.6 Å². The molecule has 0 radical (unpaired) electrons. The van der Waals surface area contributed by atoms with Gasteiger partial charge in [-0.1, -0.05) is 0 Å². The molecule has 1 atom stereocenters. The number of hydrogen-bond donors (Lipinski definition) is 3. The number of rotatable bonds is 4. The molecule has 4 aromatic rings. The van der Waals surface area contributed by atoms with E-state index in [0.29, 0.717) is 17.6 Å². The first kappa shape index (κ1) is 22.1. The van der Waals surface area contributed by atoms with Crippen LogP contribution in [0.15, 0.2) is 47.9 Å². The summed E-state index contributed by atoms with van der Waals surface area (Å²) in [5, 5.41) is 6.71. The van der Waals surface area contributed by atoms with E-state index in [-0.39, 0.29) is 28.8 Å². The molecule has 1 aliphatic heterocycles. The van der Waals surface area contributed by atoms with Crippen LogP contribution in [0.4, 0.5) is 19.1 Å². The van der Waals surface area contributed by atoms with Gasteiger partial charge in [-0.2, -0.15) is 13.2 Å². The van der Waals surface area contributed by atoms with E-state index in [2.05, 4.69) is 30.6 Å². The molecular weight excluding hydrogens is 447 g/mol. The minimum absolute atomic E-state index is 0.0243. The van der Waals surface area contributed by atoms with Crippen LogP contribution in [0.25, 0.3) is 27.8 Å².